The van der Waals surface area contributed by atoms with Gasteiger partial charge in [0.1, 0.15) is 11.4 Å². The SMILES string of the molecule is Cc1cc2c3c(c1-c1ccccc1)Oc1cccc4c1C3([n+]1ccccc1O4)[n+]1cccn1-2. The highest BCUT2D eigenvalue weighted by Gasteiger charge is 2.71. The number of rotatable bonds is 1. The van der Waals surface area contributed by atoms with Gasteiger partial charge in [0.05, 0.1) is 12.3 Å². The number of hydrogen-bond acceptors (Lipinski definition) is 2. The van der Waals surface area contributed by atoms with Crippen LogP contribution in [0.1, 0.15) is 16.7 Å². The molecular formula is C28H19N3O2+2. The zero-order chi connectivity index (χ0) is 21.7. The predicted molar refractivity (Wildman–Crippen MR) is 121 cm³/mol. The van der Waals surface area contributed by atoms with Crippen LogP contribution in [0.4, 0.5) is 0 Å². The molecule has 156 valence electrons. The molecule has 33 heavy (non-hydrogen) atoms. The summed E-state index contributed by atoms with van der Waals surface area (Å²) in [6, 6.07) is 27.1. The van der Waals surface area contributed by atoms with E-state index in [2.05, 4.69) is 81.9 Å². The second kappa shape index (κ2) is 5.70. The number of aromatic nitrogens is 3. The van der Waals surface area contributed by atoms with Crippen molar-refractivity contribution in [2.24, 2.45) is 0 Å². The van der Waals surface area contributed by atoms with Crippen LogP contribution in [0, 0.1) is 6.92 Å². The molecule has 5 heterocycles. The van der Waals surface area contributed by atoms with Gasteiger partial charge in [0.2, 0.25) is 6.20 Å². The molecule has 0 saturated heterocycles. The molecule has 3 aromatic carbocycles. The van der Waals surface area contributed by atoms with Gasteiger partial charge in [0.25, 0.3) is 0 Å². The molecule has 0 aliphatic carbocycles. The van der Waals surface area contributed by atoms with Gasteiger partial charge >= 0.3 is 11.5 Å². The molecule has 0 radical (unpaired) electrons. The Bertz CT molecular complexity index is 1640. The van der Waals surface area contributed by atoms with Gasteiger partial charge in [-0.15, -0.1) is 4.68 Å². The molecule has 3 aliphatic heterocycles. The molecule has 3 aliphatic rings. The van der Waals surface area contributed by atoms with E-state index in [0.717, 1.165) is 51.1 Å². The number of pyridine rings is 1. The van der Waals surface area contributed by atoms with Crippen LogP contribution in [0.5, 0.6) is 23.1 Å². The Morgan fingerprint density at radius 3 is 2.48 bits per heavy atom. The molecule has 0 bridgehead atoms. The molecular weight excluding hydrogens is 410 g/mol. The summed E-state index contributed by atoms with van der Waals surface area (Å²) in [7, 11) is 0. The highest BCUT2D eigenvalue weighted by Crippen LogP contribution is 2.57. The van der Waals surface area contributed by atoms with Gasteiger partial charge in [0.15, 0.2) is 28.8 Å². The van der Waals surface area contributed by atoms with Gasteiger partial charge in [-0.3, -0.25) is 0 Å². The van der Waals surface area contributed by atoms with E-state index in [4.69, 9.17) is 9.47 Å². The van der Waals surface area contributed by atoms with E-state index in [1.54, 1.807) is 0 Å². The Labute approximate surface area is 190 Å². The van der Waals surface area contributed by atoms with Gasteiger partial charge < -0.3 is 9.47 Å². The van der Waals surface area contributed by atoms with Crippen molar-refractivity contribution in [2.75, 3.05) is 0 Å². The van der Waals surface area contributed by atoms with Crippen molar-refractivity contribution in [2.45, 2.75) is 12.6 Å². The van der Waals surface area contributed by atoms with Gasteiger partial charge in [0, 0.05) is 17.7 Å². The zero-order valence-electron chi connectivity index (χ0n) is 17.9. The third-order valence-corrected chi connectivity index (χ3v) is 7.07. The minimum atomic E-state index is -0.648. The number of fused-ring (bicyclic) bond motifs is 3. The minimum Gasteiger partial charge on any atom is -0.455 e. The monoisotopic (exact) mass is 429 g/mol. The number of ether oxygens (including phenoxy) is 2. The fraction of sp³-hybridized carbons (Fsp3) is 0.0714. The lowest BCUT2D eigenvalue weighted by atomic mass is 9.82. The molecule has 0 N–H and O–H groups in total. The second-order valence-electron chi connectivity index (χ2n) is 8.75. The summed E-state index contributed by atoms with van der Waals surface area (Å²) >= 11 is 0. The molecule has 2 aromatic heterocycles. The maximum absolute atomic E-state index is 6.77. The smallest absolute Gasteiger partial charge is 0.452 e. The third kappa shape index (κ3) is 1.86. The molecule has 0 amide bonds. The van der Waals surface area contributed by atoms with Gasteiger partial charge in [-0.1, -0.05) is 41.0 Å². The summed E-state index contributed by atoms with van der Waals surface area (Å²) in [6.07, 6.45) is 6.36. The van der Waals surface area contributed by atoms with Crippen molar-refractivity contribution in [1.82, 2.24) is 4.68 Å². The first-order valence-electron chi connectivity index (χ1n) is 11.1. The first-order valence-corrected chi connectivity index (χ1v) is 11.1. The van der Waals surface area contributed by atoms with Crippen molar-refractivity contribution in [1.29, 1.82) is 0 Å². The molecule has 0 fully saturated rings. The van der Waals surface area contributed by atoms with E-state index < -0.39 is 5.66 Å². The quantitative estimate of drug-likeness (QED) is 0.349. The maximum Gasteiger partial charge on any atom is 0.452 e. The van der Waals surface area contributed by atoms with E-state index in [1.807, 2.05) is 36.4 Å². The van der Waals surface area contributed by atoms with Crippen LogP contribution in [0.15, 0.2) is 97.5 Å². The molecule has 5 aromatic rings. The zero-order valence-corrected chi connectivity index (χ0v) is 17.9. The topological polar surface area (TPSA) is 31.1 Å². The summed E-state index contributed by atoms with van der Waals surface area (Å²) < 4.78 is 19.9. The Balaban J connectivity index is 1.62. The molecule has 5 heteroatoms. The first kappa shape index (κ1) is 17.2. The highest BCUT2D eigenvalue weighted by atomic mass is 16.5. The molecule has 1 unspecified atom stereocenters. The van der Waals surface area contributed by atoms with Gasteiger partial charge in [-0.2, -0.15) is 0 Å². The minimum absolute atomic E-state index is 0.648. The van der Waals surface area contributed by atoms with Crippen LogP contribution in [0.2, 0.25) is 0 Å². The van der Waals surface area contributed by atoms with Gasteiger partial charge in [-0.25, -0.2) is 0 Å². The Hall–Kier alpha value is -4.38. The van der Waals surface area contributed by atoms with E-state index in [-0.39, 0.29) is 0 Å². The molecule has 1 spiro atoms. The number of aryl methyl sites for hydroxylation is 1. The van der Waals surface area contributed by atoms with Crippen molar-refractivity contribution in [3.63, 3.8) is 0 Å². The highest BCUT2D eigenvalue weighted by molar-refractivity contribution is 5.82. The fourth-order valence-electron chi connectivity index (χ4n) is 5.89. The summed E-state index contributed by atoms with van der Waals surface area (Å²) in [5, 5.41) is 0. The number of nitrogens with zero attached hydrogens (tertiary/aromatic N) is 3. The average molecular weight is 429 g/mol. The standard InChI is InChI=1S/C28H19N3O2/c1-18-17-20-25-27(24(18)19-9-3-2-4-10-19)33-22-12-7-11-21-26(22)28(25,31-16-8-15-30(20)31)29-14-6-5-13-23(29)32-21/h2-17H,1H3/q+2. The lowest BCUT2D eigenvalue weighted by Gasteiger charge is -2.32. The average Bonchev–Trinajstić information content (AvgIpc) is 3.43. The normalized spacial score (nSPS) is 17.8. The van der Waals surface area contributed by atoms with E-state index >= 15 is 0 Å². The Kier molecular flexibility index (Phi) is 2.97. The molecule has 5 nitrogen and oxygen atoms in total. The van der Waals surface area contributed by atoms with E-state index in [1.165, 1.54) is 5.56 Å². The number of benzene rings is 3. The molecule has 0 saturated carbocycles. The van der Waals surface area contributed by atoms with Crippen LogP contribution in [0.3, 0.4) is 0 Å². The van der Waals surface area contributed by atoms with Crippen molar-refractivity contribution >= 4 is 0 Å². The summed E-state index contributed by atoms with van der Waals surface area (Å²) in [5.74, 6) is 3.34. The van der Waals surface area contributed by atoms with Gasteiger partial charge in [-0.05, 0) is 47.0 Å². The van der Waals surface area contributed by atoms with E-state index in [9.17, 15) is 0 Å². The van der Waals surface area contributed by atoms with Crippen molar-refractivity contribution < 1.29 is 18.7 Å². The van der Waals surface area contributed by atoms with Crippen LogP contribution >= 0.6 is 0 Å². The lowest BCUT2D eigenvalue weighted by Crippen LogP contribution is -2.75. The van der Waals surface area contributed by atoms with E-state index in [0.29, 0.717) is 0 Å². The van der Waals surface area contributed by atoms with Crippen LogP contribution < -0.4 is 18.7 Å². The van der Waals surface area contributed by atoms with Crippen LogP contribution in [0.25, 0.3) is 16.8 Å². The summed E-state index contributed by atoms with van der Waals surface area (Å²) in [5.41, 5.74) is 6.08. The lowest BCUT2D eigenvalue weighted by molar-refractivity contribution is -0.997. The maximum atomic E-state index is 6.77. The Morgan fingerprint density at radius 1 is 0.788 bits per heavy atom. The molecule has 8 rings (SSSR count). The first-order chi connectivity index (χ1) is 16.3. The van der Waals surface area contributed by atoms with Crippen LogP contribution in [-0.4, -0.2) is 4.68 Å². The molecule has 1 atom stereocenters. The van der Waals surface area contributed by atoms with Crippen LogP contribution in [-0.2, 0) is 5.66 Å². The third-order valence-electron chi connectivity index (χ3n) is 7.07. The summed E-state index contributed by atoms with van der Waals surface area (Å²) in [4.78, 5) is 0. The van der Waals surface area contributed by atoms with Crippen molar-refractivity contribution in [3.05, 3.63) is 114 Å². The second-order valence-corrected chi connectivity index (χ2v) is 8.75. The Morgan fingerprint density at radius 2 is 1.61 bits per heavy atom. The predicted octanol–water partition coefficient (Wildman–Crippen LogP) is 4.85. The van der Waals surface area contributed by atoms with Crippen molar-refractivity contribution in [3.8, 4) is 39.9 Å². The fourth-order valence-corrected chi connectivity index (χ4v) is 5.89. The largest absolute Gasteiger partial charge is 0.455 e. The summed E-state index contributed by atoms with van der Waals surface area (Å²) in [6.45, 7) is 2.16. The number of hydrogen-bond donors (Lipinski definition) is 0.